The molecule has 98 valence electrons. The van der Waals surface area contributed by atoms with Gasteiger partial charge in [-0.2, -0.15) is 0 Å². The van der Waals surface area contributed by atoms with Crippen LogP contribution in [0.15, 0.2) is 36.4 Å². The summed E-state index contributed by atoms with van der Waals surface area (Å²) in [7, 11) is 0. The van der Waals surface area contributed by atoms with E-state index in [0.717, 1.165) is 24.4 Å². The fourth-order valence-electron chi connectivity index (χ4n) is 2.07. The first-order valence-electron chi connectivity index (χ1n) is 6.25. The van der Waals surface area contributed by atoms with E-state index >= 15 is 0 Å². The zero-order valence-corrected chi connectivity index (χ0v) is 11.1. The number of anilines is 1. The summed E-state index contributed by atoms with van der Waals surface area (Å²) in [6.45, 7) is 1.50. The average Bonchev–Trinajstić information content (AvgIpc) is 2.92. The lowest BCUT2D eigenvalue weighted by Gasteiger charge is -2.12. The minimum atomic E-state index is 0.301. The predicted molar refractivity (Wildman–Crippen MR) is 75.3 cm³/mol. The smallest absolute Gasteiger partial charge is 0.163 e. The van der Waals surface area contributed by atoms with Gasteiger partial charge in [0.1, 0.15) is 11.0 Å². The molecule has 1 N–H and O–H groups in total. The first-order chi connectivity index (χ1) is 9.31. The van der Waals surface area contributed by atoms with Crippen molar-refractivity contribution in [1.29, 1.82) is 0 Å². The molecule has 3 rings (SSSR count). The van der Waals surface area contributed by atoms with Crippen LogP contribution in [0.2, 0.25) is 5.15 Å². The summed E-state index contributed by atoms with van der Waals surface area (Å²) in [4.78, 5) is 8.77. The summed E-state index contributed by atoms with van der Waals surface area (Å²) in [6.07, 6.45) is 0.988. The van der Waals surface area contributed by atoms with Crippen LogP contribution in [0.4, 0.5) is 5.82 Å². The first kappa shape index (κ1) is 12.4. The standard InChI is InChI=1S/C14H14ClN3O/c15-12-8-13(16-11-6-7-19-9-11)18-14(17-12)10-4-2-1-3-5-10/h1-5,8,11H,6-7,9H2,(H,16,17,18). The Kier molecular flexibility index (Phi) is 3.62. The van der Waals surface area contributed by atoms with Crippen molar-refractivity contribution in [2.45, 2.75) is 12.5 Å². The number of ether oxygens (including phenoxy) is 1. The molecule has 1 fully saturated rings. The molecule has 0 spiro atoms. The molecule has 1 aliphatic heterocycles. The number of aromatic nitrogens is 2. The molecule has 0 radical (unpaired) electrons. The van der Waals surface area contributed by atoms with E-state index < -0.39 is 0 Å². The minimum absolute atomic E-state index is 0.301. The quantitative estimate of drug-likeness (QED) is 0.875. The largest absolute Gasteiger partial charge is 0.379 e. The molecule has 0 bridgehead atoms. The molecular formula is C14H14ClN3O. The van der Waals surface area contributed by atoms with E-state index in [1.165, 1.54) is 0 Å². The van der Waals surface area contributed by atoms with Gasteiger partial charge < -0.3 is 10.1 Å². The maximum Gasteiger partial charge on any atom is 0.163 e. The molecule has 0 amide bonds. The number of hydrogen-bond donors (Lipinski definition) is 1. The highest BCUT2D eigenvalue weighted by Gasteiger charge is 2.16. The average molecular weight is 276 g/mol. The van der Waals surface area contributed by atoms with Crippen molar-refractivity contribution in [3.63, 3.8) is 0 Å². The molecule has 1 aliphatic rings. The van der Waals surface area contributed by atoms with Gasteiger partial charge in [0.2, 0.25) is 0 Å². The third-order valence-electron chi connectivity index (χ3n) is 3.01. The summed E-state index contributed by atoms with van der Waals surface area (Å²) in [5, 5.41) is 3.77. The predicted octanol–water partition coefficient (Wildman–Crippen LogP) is 3.00. The molecule has 1 aromatic heterocycles. The zero-order chi connectivity index (χ0) is 13.1. The van der Waals surface area contributed by atoms with Gasteiger partial charge in [0.25, 0.3) is 0 Å². The fourth-order valence-corrected chi connectivity index (χ4v) is 2.25. The molecule has 0 saturated carbocycles. The monoisotopic (exact) mass is 275 g/mol. The van der Waals surface area contributed by atoms with Gasteiger partial charge in [-0.1, -0.05) is 41.9 Å². The lowest BCUT2D eigenvalue weighted by Crippen LogP contribution is -2.19. The SMILES string of the molecule is Clc1cc(NC2CCOC2)nc(-c2ccccc2)n1. The summed E-state index contributed by atoms with van der Waals surface area (Å²) in [5.74, 6) is 1.38. The Bertz CT molecular complexity index is 556. The Labute approximate surface area is 116 Å². The second-order valence-corrected chi connectivity index (χ2v) is 4.86. The van der Waals surface area contributed by atoms with E-state index in [-0.39, 0.29) is 0 Å². The van der Waals surface area contributed by atoms with E-state index in [1.807, 2.05) is 30.3 Å². The van der Waals surface area contributed by atoms with Crippen molar-refractivity contribution in [2.24, 2.45) is 0 Å². The molecular weight excluding hydrogens is 262 g/mol. The van der Waals surface area contributed by atoms with Crippen LogP contribution < -0.4 is 5.32 Å². The van der Waals surface area contributed by atoms with Gasteiger partial charge in [-0.05, 0) is 6.42 Å². The van der Waals surface area contributed by atoms with Crippen molar-refractivity contribution in [3.05, 3.63) is 41.6 Å². The molecule has 0 aliphatic carbocycles. The topological polar surface area (TPSA) is 47.0 Å². The number of nitrogens with zero attached hydrogens (tertiary/aromatic N) is 2. The Morgan fingerprint density at radius 3 is 2.79 bits per heavy atom. The molecule has 2 aromatic rings. The maximum absolute atomic E-state index is 6.06. The first-order valence-corrected chi connectivity index (χ1v) is 6.63. The summed E-state index contributed by atoms with van der Waals surface area (Å²) >= 11 is 6.06. The lowest BCUT2D eigenvalue weighted by atomic mass is 10.2. The van der Waals surface area contributed by atoms with E-state index in [2.05, 4.69) is 15.3 Å². The van der Waals surface area contributed by atoms with Crippen molar-refractivity contribution in [3.8, 4) is 11.4 Å². The molecule has 1 atom stereocenters. The highest BCUT2D eigenvalue weighted by molar-refractivity contribution is 6.29. The van der Waals surface area contributed by atoms with Gasteiger partial charge in [-0.15, -0.1) is 0 Å². The molecule has 19 heavy (non-hydrogen) atoms. The summed E-state index contributed by atoms with van der Waals surface area (Å²) in [5.41, 5.74) is 0.954. The molecule has 1 saturated heterocycles. The number of halogens is 1. The van der Waals surface area contributed by atoms with Crippen LogP contribution in [0.25, 0.3) is 11.4 Å². The number of rotatable bonds is 3. The van der Waals surface area contributed by atoms with E-state index in [1.54, 1.807) is 6.07 Å². The highest BCUT2D eigenvalue weighted by atomic mass is 35.5. The van der Waals surface area contributed by atoms with Crippen LogP contribution in [-0.2, 0) is 4.74 Å². The van der Waals surface area contributed by atoms with Gasteiger partial charge in [-0.3, -0.25) is 0 Å². The third-order valence-corrected chi connectivity index (χ3v) is 3.20. The lowest BCUT2D eigenvalue weighted by molar-refractivity contribution is 0.195. The molecule has 2 heterocycles. The van der Waals surface area contributed by atoms with Gasteiger partial charge in [0, 0.05) is 18.2 Å². The van der Waals surface area contributed by atoms with E-state index in [0.29, 0.717) is 23.6 Å². The third kappa shape index (κ3) is 3.03. The summed E-state index contributed by atoms with van der Waals surface area (Å²) in [6, 6.07) is 11.8. The van der Waals surface area contributed by atoms with Crippen LogP contribution >= 0.6 is 11.6 Å². The number of benzene rings is 1. The van der Waals surface area contributed by atoms with Gasteiger partial charge in [-0.25, -0.2) is 9.97 Å². The van der Waals surface area contributed by atoms with Crippen LogP contribution in [0, 0.1) is 0 Å². The van der Waals surface area contributed by atoms with Crippen molar-refractivity contribution >= 4 is 17.4 Å². The van der Waals surface area contributed by atoms with Gasteiger partial charge in [0.15, 0.2) is 5.82 Å². The van der Waals surface area contributed by atoms with E-state index in [9.17, 15) is 0 Å². The van der Waals surface area contributed by atoms with Crippen LogP contribution in [0.5, 0.6) is 0 Å². The van der Waals surface area contributed by atoms with Crippen molar-refractivity contribution in [1.82, 2.24) is 9.97 Å². The second-order valence-electron chi connectivity index (χ2n) is 4.47. The van der Waals surface area contributed by atoms with Crippen molar-refractivity contribution < 1.29 is 4.74 Å². The fraction of sp³-hybridized carbons (Fsp3) is 0.286. The second kappa shape index (κ2) is 5.55. The maximum atomic E-state index is 6.06. The van der Waals surface area contributed by atoms with E-state index in [4.69, 9.17) is 16.3 Å². The normalized spacial score (nSPS) is 18.5. The zero-order valence-electron chi connectivity index (χ0n) is 10.3. The summed E-state index contributed by atoms with van der Waals surface area (Å²) < 4.78 is 5.34. The Morgan fingerprint density at radius 2 is 2.05 bits per heavy atom. The highest BCUT2D eigenvalue weighted by Crippen LogP contribution is 2.21. The van der Waals surface area contributed by atoms with Gasteiger partial charge in [0.05, 0.1) is 12.6 Å². The van der Waals surface area contributed by atoms with Crippen LogP contribution in [0.3, 0.4) is 0 Å². The number of nitrogens with one attached hydrogen (secondary N) is 1. The number of hydrogen-bond acceptors (Lipinski definition) is 4. The Morgan fingerprint density at radius 1 is 1.21 bits per heavy atom. The molecule has 1 aromatic carbocycles. The van der Waals surface area contributed by atoms with Crippen LogP contribution in [-0.4, -0.2) is 29.2 Å². The molecule has 5 heteroatoms. The molecule has 1 unspecified atom stereocenters. The minimum Gasteiger partial charge on any atom is -0.379 e. The van der Waals surface area contributed by atoms with Crippen LogP contribution in [0.1, 0.15) is 6.42 Å². The van der Waals surface area contributed by atoms with Crippen molar-refractivity contribution in [2.75, 3.05) is 18.5 Å². The van der Waals surface area contributed by atoms with Gasteiger partial charge >= 0.3 is 0 Å². The Hall–Kier alpha value is -1.65. The molecule has 4 nitrogen and oxygen atoms in total. The Balaban J connectivity index is 1.87.